The minimum absolute atomic E-state index is 0.0107. The molecule has 2 aromatic carbocycles. The molecule has 0 aliphatic heterocycles. The maximum absolute atomic E-state index is 10.9. The van der Waals surface area contributed by atoms with Crippen LogP contribution in [0.1, 0.15) is 11.1 Å². The lowest BCUT2D eigenvalue weighted by Crippen LogP contribution is -2.32. The molecule has 0 aliphatic rings. The quantitative estimate of drug-likeness (QED) is 0.597. The topological polar surface area (TPSA) is 116 Å². The van der Waals surface area contributed by atoms with E-state index in [4.69, 9.17) is 15.6 Å². The van der Waals surface area contributed by atoms with Crippen LogP contribution in [0.15, 0.2) is 48.5 Å². The molecular formula is C16H16N2O5. The first-order valence-corrected chi connectivity index (χ1v) is 6.90. The van der Waals surface area contributed by atoms with E-state index in [-0.39, 0.29) is 18.7 Å². The number of carboxylic acids is 1. The highest BCUT2D eigenvalue weighted by Gasteiger charge is 2.13. The van der Waals surface area contributed by atoms with Crippen LogP contribution in [0.3, 0.4) is 0 Å². The Labute approximate surface area is 132 Å². The maximum atomic E-state index is 10.9. The van der Waals surface area contributed by atoms with Gasteiger partial charge in [0.2, 0.25) is 0 Å². The molecule has 2 rings (SSSR count). The number of nitro groups is 1. The van der Waals surface area contributed by atoms with Gasteiger partial charge in [-0.15, -0.1) is 0 Å². The van der Waals surface area contributed by atoms with Gasteiger partial charge in [0.1, 0.15) is 18.4 Å². The van der Waals surface area contributed by atoms with E-state index in [2.05, 4.69) is 0 Å². The molecule has 7 heteroatoms. The van der Waals surface area contributed by atoms with E-state index in [1.807, 2.05) is 0 Å². The number of nitro benzene ring substituents is 1. The molecule has 2 aromatic rings. The van der Waals surface area contributed by atoms with Crippen LogP contribution < -0.4 is 10.5 Å². The molecule has 0 bridgehead atoms. The average molecular weight is 316 g/mol. The number of para-hydroxylation sites is 1. The smallest absolute Gasteiger partial charge is 0.320 e. The molecule has 1 unspecified atom stereocenters. The van der Waals surface area contributed by atoms with Gasteiger partial charge in [0.25, 0.3) is 5.69 Å². The lowest BCUT2D eigenvalue weighted by Gasteiger charge is -2.09. The van der Waals surface area contributed by atoms with E-state index >= 15 is 0 Å². The zero-order valence-corrected chi connectivity index (χ0v) is 12.2. The Morgan fingerprint density at radius 3 is 2.48 bits per heavy atom. The Hall–Kier alpha value is -2.93. The van der Waals surface area contributed by atoms with Gasteiger partial charge in [-0.05, 0) is 30.2 Å². The SMILES string of the molecule is NC(Cc1ccc(OCc2ccccc2[N+](=O)[O-])cc1)C(=O)O. The van der Waals surface area contributed by atoms with Crippen LogP contribution in [-0.4, -0.2) is 22.0 Å². The predicted molar refractivity (Wildman–Crippen MR) is 83.2 cm³/mol. The van der Waals surface area contributed by atoms with Crippen LogP contribution in [0, 0.1) is 10.1 Å². The first-order chi connectivity index (χ1) is 11.0. The molecule has 1 atom stereocenters. The molecule has 0 spiro atoms. The van der Waals surface area contributed by atoms with Gasteiger partial charge < -0.3 is 15.6 Å². The Morgan fingerprint density at radius 2 is 1.87 bits per heavy atom. The monoisotopic (exact) mass is 316 g/mol. The summed E-state index contributed by atoms with van der Waals surface area (Å²) >= 11 is 0. The highest BCUT2D eigenvalue weighted by molar-refractivity contribution is 5.73. The number of hydrogen-bond acceptors (Lipinski definition) is 5. The van der Waals surface area contributed by atoms with E-state index in [1.54, 1.807) is 42.5 Å². The third-order valence-electron chi connectivity index (χ3n) is 3.28. The van der Waals surface area contributed by atoms with Crippen molar-refractivity contribution in [3.8, 4) is 5.75 Å². The van der Waals surface area contributed by atoms with E-state index in [9.17, 15) is 14.9 Å². The van der Waals surface area contributed by atoms with E-state index in [0.29, 0.717) is 11.3 Å². The van der Waals surface area contributed by atoms with Gasteiger partial charge in [-0.1, -0.05) is 24.3 Å². The highest BCUT2D eigenvalue weighted by atomic mass is 16.6. The summed E-state index contributed by atoms with van der Waals surface area (Å²) < 4.78 is 5.54. The fourth-order valence-electron chi connectivity index (χ4n) is 2.04. The summed E-state index contributed by atoms with van der Waals surface area (Å²) in [5.74, 6) is -0.516. The van der Waals surface area contributed by atoms with Gasteiger partial charge in [0.05, 0.1) is 10.5 Å². The minimum Gasteiger partial charge on any atom is -0.489 e. The van der Waals surface area contributed by atoms with Crippen LogP contribution >= 0.6 is 0 Å². The van der Waals surface area contributed by atoms with Crippen molar-refractivity contribution >= 4 is 11.7 Å². The van der Waals surface area contributed by atoms with Gasteiger partial charge in [0, 0.05) is 6.07 Å². The number of carboxylic acid groups (broad SMARTS) is 1. The van der Waals surface area contributed by atoms with Crippen molar-refractivity contribution in [1.29, 1.82) is 0 Å². The molecule has 0 radical (unpaired) electrons. The third-order valence-corrected chi connectivity index (χ3v) is 3.28. The van der Waals surface area contributed by atoms with Gasteiger partial charge in [-0.25, -0.2) is 0 Å². The second-order valence-electron chi connectivity index (χ2n) is 4.97. The molecule has 120 valence electrons. The minimum atomic E-state index is -1.05. The second-order valence-corrected chi connectivity index (χ2v) is 4.97. The highest BCUT2D eigenvalue weighted by Crippen LogP contribution is 2.21. The molecule has 0 heterocycles. The first kappa shape index (κ1) is 16.4. The summed E-state index contributed by atoms with van der Waals surface area (Å²) in [5.41, 5.74) is 6.74. The maximum Gasteiger partial charge on any atom is 0.320 e. The zero-order valence-electron chi connectivity index (χ0n) is 12.2. The first-order valence-electron chi connectivity index (χ1n) is 6.90. The lowest BCUT2D eigenvalue weighted by molar-refractivity contribution is -0.385. The molecule has 23 heavy (non-hydrogen) atoms. The molecule has 0 fully saturated rings. The molecule has 0 aliphatic carbocycles. The number of carbonyl (C=O) groups is 1. The van der Waals surface area contributed by atoms with Gasteiger partial charge in [-0.3, -0.25) is 14.9 Å². The van der Waals surface area contributed by atoms with Crippen LogP contribution in [0.5, 0.6) is 5.75 Å². The second kappa shape index (κ2) is 7.37. The fraction of sp³-hybridized carbons (Fsp3) is 0.188. The summed E-state index contributed by atoms with van der Waals surface area (Å²) in [6.45, 7) is 0.0745. The standard InChI is InChI=1S/C16H16N2O5/c17-14(16(19)20)9-11-5-7-13(8-6-11)23-10-12-3-1-2-4-15(12)18(21)22/h1-8,14H,9-10,17H2,(H,19,20). The molecule has 0 aromatic heterocycles. The summed E-state index contributed by atoms with van der Waals surface area (Å²) in [4.78, 5) is 21.2. The third kappa shape index (κ3) is 4.52. The van der Waals surface area contributed by atoms with E-state index in [1.165, 1.54) is 6.07 Å². The van der Waals surface area contributed by atoms with Crippen molar-refractivity contribution < 1.29 is 19.6 Å². The lowest BCUT2D eigenvalue weighted by atomic mass is 10.1. The molecular weight excluding hydrogens is 300 g/mol. The number of aliphatic carboxylic acids is 1. The zero-order chi connectivity index (χ0) is 16.8. The van der Waals surface area contributed by atoms with Gasteiger partial charge in [-0.2, -0.15) is 0 Å². The average Bonchev–Trinajstić information content (AvgIpc) is 2.54. The Bertz CT molecular complexity index is 700. The molecule has 0 saturated heterocycles. The van der Waals surface area contributed by atoms with Crippen LogP contribution in [-0.2, 0) is 17.8 Å². The van der Waals surface area contributed by atoms with Crippen molar-refractivity contribution in [1.82, 2.24) is 0 Å². The van der Waals surface area contributed by atoms with Crippen molar-refractivity contribution in [2.75, 3.05) is 0 Å². The fourth-order valence-corrected chi connectivity index (χ4v) is 2.04. The summed E-state index contributed by atoms with van der Waals surface area (Å²) in [6.07, 6.45) is 0.222. The summed E-state index contributed by atoms with van der Waals surface area (Å²) in [5, 5.41) is 19.7. The number of rotatable bonds is 7. The Balaban J connectivity index is 1.99. The Morgan fingerprint density at radius 1 is 1.22 bits per heavy atom. The number of benzene rings is 2. The van der Waals surface area contributed by atoms with Crippen molar-refractivity contribution in [3.05, 3.63) is 69.8 Å². The van der Waals surface area contributed by atoms with E-state index in [0.717, 1.165) is 5.56 Å². The summed E-state index contributed by atoms with van der Waals surface area (Å²) in [6, 6.07) is 12.2. The molecule has 0 amide bonds. The van der Waals surface area contributed by atoms with Gasteiger partial charge >= 0.3 is 5.97 Å². The van der Waals surface area contributed by atoms with Gasteiger partial charge in [0.15, 0.2) is 0 Å². The number of nitrogens with two attached hydrogens (primary N) is 1. The predicted octanol–water partition coefficient (Wildman–Crippen LogP) is 2.13. The molecule has 7 nitrogen and oxygen atoms in total. The number of hydrogen-bond donors (Lipinski definition) is 2. The largest absolute Gasteiger partial charge is 0.489 e. The van der Waals surface area contributed by atoms with Crippen molar-refractivity contribution in [2.45, 2.75) is 19.1 Å². The molecule has 3 N–H and O–H groups in total. The van der Waals surface area contributed by atoms with Crippen molar-refractivity contribution in [3.63, 3.8) is 0 Å². The van der Waals surface area contributed by atoms with Crippen LogP contribution in [0.4, 0.5) is 5.69 Å². The number of ether oxygens (including phenoxy) is 1. The van der Waals surface area contributed by atoms with E-state index < -0.39 is 16.9 Å². The van der Waals surface area contributed by atoms with Crippen LogP contribution in [0.2, 0.25) is 0 Å². The van der Waals surface area contributed by atoms with Crippen molar-refractivity contribution in [2.24, 2.45) is 5.73 Å². The normalized spacial score (nSPS) is 11.7. The van der Waals surface area contributed by atoms with Crippen LogP contribution in [0.25, 0.3) is 0 Å². The number of nitrogens with zero attached hydrogens (tertiary/aromatic N) is 1. The summed E-state index contributed by atoms with van der Waals surface area (Å²) in [7, 11) is 0. The Kier molecular flexibility index (Phi) is 5.27. The molecule has 0 saturated carbocycles.